The zero-order valence-corrected chi connectivity index (χ0v) is 11.6. The number of hydrogen-bond acceptors (Lipinski definition) is 5. The standard InChI is InChI=1S/C15H17N5O/c21-8-2-7-20-11-14(18-19-20)10-17-13-4-5-15-12(9-13)3-1-6-16-15/h1,3-6,9,11,17,21H,2,7-8,10H2. The molecule has 0 saturated heterocycles. The van der Waals surface area contributed by atoms with Crippen LogP contribution in [0.4, 0.5) is 5.69 Å². The highest BCUT2D eigenvalue weighted by Gasteiger charge is 2.01. The summed E-state index contributed by atoms with van der Waals surface area (Å²) in [5.41, 5.74) is 2.89. The van der Waals surface area contributed by atoms with E-state index in [0.29, 0.717) is 19.5 Å². The van der Waals surface area contributed by atoms with Crippen molar-refractivity contribution >= 4 is 16.6 Å². The first-order valence-corrected chi connectivity index (χ1v) is 6.94. The van der Waals surface area contributed by atoms with Crippen LogP contribution in [0.5, 0.6) is 0 Å². The maximum atomic E-state index is 8.79. The van der Waals surface area contributed by atoms with E-state index < -0.39 is 0 Å². The zero-order chi connectivity index (χ0) is 14.5. The summed E-state index contributed by atoms with van der Waals surface area (Å²) in [5.74, 6) is 0. The van der Waals surface area contributed by atoms with E-state index in [-0.39, 0.29) is 6.61 Å². The first kappa shape index (κ1) is 13.5. The van der Waals surface area contributed by atoms with Crippen LogP contribution in [0.2, 0.25) is 0 Å². The van der Waals surface area contributed by atoms with Gasteiger partial charge in [0.05, 0.1) is 18.3 Å². The second-order valence-electron chi connectivity index (χ2n) is 4.81. The molecule has 3 rings (SSSR count). The fourth-order valence-electron chi connectivity index (χ4n) is 2.14. The van der Waals surface area contributed by atoms with E-state index >= 15 is 0 Å². The van der Waals surface area contributed by atoms with Gasteiger partial charge in [-0.2, -0.15) is 0 Å². The molecule has 2 heterocycles. The van der Waals surface area contributed by atoms with Gasteiger partial charge in [-0.25, -0.2) is 0 Å². The first-order valence-electron chi connectivity index (χ1n) is 6.94. The Kier molecular flexibility index (Phi) is 4.07. The Hall–Kier alpha value is -2.47. The Bertz CT molecular complexity index is 725. The lowest BCUT2D eigenvalue weighted by molar-refractivity contribution is 0.276. The van der Waals surface area contributed by atoms with Crippen LogP contribution in [-0.2, 0) is 13.1 Å². The molecule has 3 aromatic rings. The van der Waals surface area contributed by atoms with Crippen LogP contribution < -0.4 is 5.32 Å². The minimum atomic E-state index is 0.165. The van der Waals surface area contributed by atoms with Crippen molar-refractivity contribution in [2.45, 2.75) is 19.5 Å². The monoisotopic (exact) mass is 283 g/mol. The molecule has 6 nitrogen and oxygen atoms in total. The first-order chi connectivity index (χ1) is 10.3. The van der Waals surface area contributed by atoms with Gasteiger partial charge in [-0.15, -0.1) is 5.10 Å². The summed E-state index contributed by atoms with van der Waals surface area (Å²) >= 11 is 0. The minimum Gasteiger partial charge on any atom is -0.396 e. The second-order valence-corrected chi connectivity index (χ2v) is 4.81. The van der Waals surface area contributed by atoms with Gasteiger partial charge in [-0.1, -0.05) is 11.3 Å². The molecule has 0 aliphatic carbocycles. The number of rotatable bonds is 6. The summed E-state index contributed by atoms with van der Waals surface area (Å²) in [5, 5.41) is 21.4. The number of fused-ring (bicyclic) bond motifs is 1. The molecule has 21 heavy (non-hydrogen) atoms. The molecule has 0 radical (unpaired) electrons. The number of benzene rings is 1. The molecule has 2 N–H and O–H groups in total. The van der Waals surface area contributed by atoms with Crippen LogP contribution in [0.3, 0.4) is 0 Å². The highest BCUT2D eigenvalue weighted by atomic mass is 16.3. The summed E-state index contributed by atoms with van der Waals surface area (Å²) in [7, 11) is 0. The number of nitrogens with zero attached hydrogens (tertiary/aromatic N) is 4. The van der Waals surface area contributed by atoms with Gasteiger partial charge >= 0.3 is 0 Å². The van der Waals surface area contributed by atoms with Crippen molar-refractivity contribution in [3.05, 3.63) is 48.4 Å². The smallest absolute Gasteiger partial charge is 0.102 e. The third kappa shape index (κ3) is 3.35. The predicted molar refractivity (Wildman–Crippen MR) is 80.8 cm³/mol. The number of nitrogens with one attached hydrogen (secondary N) is 1. The molecular formula is C15H17N5O. The van der Waals surface area contributed by atoms with Crippen LogP contribution >= 0.6 is 0 Å². The van der Waals surface area contributed by atoms with Crippen molar-refractivity contribution in [3.8, 4) is 0 Å². The lowest BCUT2D eigenvalue weighted by atomic mass is 10.2. The van der Waals surface area contributed by atoms with Crippen LogP contribution in [0.1, 0.15) is 12.1 Å². The number of anilines is 1. The Morgan fingerprint density at radius 1 is 1.24 bits per heavy atom. The van der Waals surface area contributed by atoms with Crippen LogP contribution in [-0.4, -0.2) is 31.7 Å². The number of hydrogen-bond donors (Lipinski definition) is 2. The van der Waals surface area contributed by atoms with Gasteiger partial charge in [0.15, 0.2) is 0 Å². The highest BCUT2D eigenvalue weighted by Crippen LogP contribution is 2.17. The van der Waals surface area contributed by atoms with Gasteiger partial charge in [0.25, 0.3) is 0 Å². The Balaban J connectivity index is 1.64. The Morgan fingerprint density at radius 3 is 3.10 bits per heavy atom. The Morgan fingerprint density at radius 2 is 2.19 bits per heavy atom. The van der Waals surface area contributed by atoms with Crippen molar-refractivity contribution in [2.24, 2.45) is 0 Å². The lowest BCUT2D eigenvalue weighted by Crippen LogP contribution is -2.01. The topological polar surface area (TPSA) is 75.9 Å². The maximum absolute atomic E-state index is 8.79. The van der Waals surface area contributed by atoms with Crippen LogP contribution in [0.25, 0.3) is 10.9 Å². The molecule has 2 aromatic heterocycles. The second kappa shape index (κ2) is 6.32. The molecule has 108 valence electrons. The summed E-state index contributed by atoms with van der Waals surface area (Å²) in [6.07, 6.45) is 4.37. The fraction of sp³-hybridized carbons (Fsp3) is 0.267. The number of aromatic nitrogens is 4. The van der Waals surface area contributed by atoms with Crippen LogP contribution in [0.15, 0.2) is 42.7 Å². The molecule has 0 aliphatic rings. The average molecular weight is 283 g/mol. The molecule has 0 saturated carbocycles. The number of aliphatic hydroxyl groups is 1. The van der Waals surface area contributed by atoms with Crippen molar-refractivity contribution in [2.75, 3.05) is 11.9 Å². The molecule has 0 aliphatic heterocycles. The zero-order valence-electron chi connectivity index (χ0n) is 11.6. The predicted octanol–water partition coefficient (Wildman–Crippen LogP) is 1.82. The van der Waals surface area contributed by atoms with E-state index in [1.54, 1.807) is 10.9 Å². The molecule has 6 heteroatoms. The summed E-state index contributed by atoms with van der Waals surface area (Å²) in [6.45, 7) is 1.47. The molecule has 1 aromatic carbocycles. The average Bonchev–Trinajstić information content (AvgIpc) is 2.98. The van der Waals surface area contributed by atoms with E-state index in [1.165, 1.54) is 0 Å². The third-order valence-electron chi connectivity index (χ3n) is 3.21. The van der Waals surface area contributed by atoms with Gasteiger partial charge in [0.2, 0.25) is 0 Å². The van der Waals surface area contributed by atoms with Crippen LogP contribution in [0, 0.1) is 0 Å². The Labute approximate surface area is 122 Å². The van der Waals surface area contributed by atoms with Gasteiger partial charge in [0, 0.05) is 30.4 Å². The summed E-state index contributed by atoms with van der Waals surface area (Å²) in [4.78, 5) is 4.30. The van der Waals surface area contributed by atoms with E-state index in [1.807, 2.05) is 30.5 Å². The summed E-state index contributed by atoms with van der Waals surface area (Å²) in [6, 6.07) is 10.0. The maximum Gasteiger partial charge on any atom is 0.102 e. The van der Waals surface area contributed by atoms with Gasteiger partial charge in [-0.05, 0) is 30.7 Å². The quantitative estimate of drug-likeness (QED) is 0.721. The molecule has 0 unspecified atom stereocenters. The minimum absolute atomic E-state index is 0.165. The molecule has 0 bridgehead atoms. The molecule has 0 atom stereocenters. The SMILES string of the molecule is OCCCn1cc(CNc2ccc3ncccc3c2)nn1. The van der Waals surface area contributed by atoms with Crippen molar-refractivity contribution in [1.82, 2.24) is 20.0 Å². The lowest BCUT2D eigenvalue weighted by Gasteiger charge is -2.05. The largest absolute Gasteiger partial charge is 0.396 e. The van der Waals surface area contributed by atoms with Gasteiger partial charge < -0.3 is 10.4 Å². The molecule has 0 spiro atoms. The van der Waals surface area contributed by atoms with Crippen molar-refractivity contribution in [3.63, 3.8) is 0 Å². The fourth-order valence-corrected chi connectivity index (χ4v) is 2.14. The molecule has 0 amide bonds. The molecular weight excluding hydrogens is 266 g/mol. The highest BCUT2D eigenvalue weighted by molar-refractivity contribution is 5.82. The van der Waals surface area contributed by atoms with E-state index in [4.69, 9.17) is 5.11 Å². The van der Waals surface area contributed by atoms with E-state index in [9.17, 15) is 0 Å². The normalized spacial score (nSPS) is 10.9. The van der Waals surface area contributed by atoms with Crippen molar-refractivity contribution < 1.29 is 5.11 Å². The summed E-state index contributed by atoms with van der Waals surface area (Å²) < 4.78 is 1.75. The van der Waals surface area contributed by atoms with Gasteiger partial charge in [0.1, 0.15) is 5.69 Å². The van der Waals surface area contributed by atoms with E-state index in [0.717, 1.165) is 22.3 Å². The number of aryl methyl sites for hydroxylation is 1. The molecule has 0 fully saturated rings. The van der Waals surface area contributed by atoms with E-state index in [2.05, 4.69) is 26.7 Å². The van der Waals surface area contributed by atoms with Crippen molar-refractivity contribution in [1.29, 1.82) is 0 Å². The third-order valence-corrected chi connectivity index (χ3v) is 3.21. The van der Waals surface area contributed by atoms with Gasteiger partial charge in [-0.3, -0.25) is 9.67 Å². The number of aliphatic hydroxyl groups excluding tert-OH is 1. The number of pyridine rings is 1.